The molecule has 2 aromatic rings. The molecule has 0 aromatic heterocycles. The van der Waals surface area contributed by atoms with Crippen LogP contribution in [0.25, 0.3) is 0 Å². The Bertz CT molecular complexity index is 1070. The standard InChI is InChI=1S/C21H23FN4O2.C2HF3O2/c22-17-4-1-14(2-5-17)20(27)24-18-7-9-26(10-8-18)21(28)25-19-6-3-15-12-23-13-16(15)11-19;3-2(4,5)1(6)7/h1-6,11,18,23H,7-10,12-13H2,(H,24,27)(H,25,28);(H,6,7). The van der Waals surface area contributed by atoms with E-state index >= 15 is 0 Å². The van der Waals surface area contributed by atoms with Crippen molar-refractivity contribution in [2.45, 2.75) is 38.1 Å². The number of carbonyl (C=O) groups is 3. The van der Waals surface area contributed by atoms with Gasteiger partial charge in [0.05, 0.1) is 0 Å². The Kier molecular flexibility index (Phi) is 8.28. The van der Waals surface area contributed by atoms with Gasteiger partial charge in [-0.2, -0.15) is 13.2 Å². The third-order valence-electron chi connectivity index (χ3n) is 5.55. The highest BCUT2D eigenvalue weighted by atomic mass is 19.4. The van der Waals surface area contributed by atoms with Crippen molar-refractivity contribution in [1.29, 1.82) is 0 Å². The largest absolute Gasteiger partial charge is 0.490 e. The Hall–Kier alpha value is -3.67. The number of anilines is 1. The molecule has 2 heterocycles. The van der Waals surface area contributed by atoms with Gasteiger partial charge in [-0.3, -0.25) is 4.79 Å². The SMILES string of the molecule is O=C(NC1CCN(C(=O)Nc2ccc3c(c2)CNC3)CC1)c1ccc(F)cc1.O=C(O)C(F)(F)F. The van der Waals surface area contributed by atoms with E-state index in [9.17, 15) is 27.2 Å². The van der Waals surface area contributed by atoms with E-state index in [1.165, 1.54) is 35.4 Å². The minimum Gasteiger partial charge on any atom is -0.475 e. The summed E-state index contributed by atoms with van der Waals surface area (Å²) in [5.41, 5.74) is 3.74. The van der Waals surface area contributed by atoms with Crippen LogP contribution in [0.4, 0.5) is 28.0 Å². The molecule has 0 unspecified atom stereocenters. The van der Waals surface area contributed by atoms with Gasteiger partial charge in [0.1, 0.15) is 5.82 Å². The first-order valence-corrected chi connectivity index (χ1v) is 10.8. The number of halogens is 4. The number of urea groups is 1. The predicted molar refractivity (Wildman–Crippen MR) is 118 cm³/mol. The quantitative estimate of drug-likeness (QED) is 0.487. The molecule has 4 N–H and O–H groups in total. The van der Waals surface area contributed by atoms with E-state index in [4.69, 9.17) is 9.90 Å². The molecule has 3 amide bonds. The van der Waals surface area contributed by atoms with Crippen molar-refractivity contribution in [3.8, 4) is 0 Å². The number of likely N-dealkylation sites (tertiary alicyclic amines) is 1. The summed E-state index contributed by atoms with van der Waals surface area (Å²) in [5, 5.41) is 16.3. The van der Waals surface area contributed by atoms with Crippen molar-refractivity contribution < 1.29 is 37.1 Å². The first-order chi connectivity index (χ1) is 16.5. The molecule has 0 radical (unpaired) electrons. The van der Waals surface area contributed by atoms with Crippen LogP contribution in [0, 0.1) is 5.82 Å². The number of carboxylic acid groups (broad SMARTS) is 1. The van der Waals surface area contributed by atoms with Crippen molar-refractivity contribution in [3.63, 3.8) is 0 Å². The fraction of sp³-hybridized carbons (Fsp3) is 0.348. The number of benzene rings is 2. The van der Waals surface area contributed by atoms with Crippen LogP contribution in [0.2, 0.25) is 0 Å². The van der Waals surface area contributed by atoms with Crippen molar-refractivity contribution in [2.75, 3.05) is 18.4 Å². The maximum atomic E-state index is 13.0. The number of hydrogen-bond donors (Lipinski definition) is 4. The molecular formula is C23H24F4N4O4. The highest BCUT2D eigenvalue weighted by molar-refractivity contribution is 5.94. The van der Waals surface area contributed by atoms with E-state index in [1.54, 1.807) is 4.90 Å². The summed E-state index contributed by atoms with van der Waals surface area (Å²) in [6.45, 7) is 2.86. The molecule has 0 atom stereocenters. The predicted octanol–water partition coefficient (Wildman–Crippen LogP) is 3.49. The fourth-order valence-electron chi connectivity index (χ4n) is 3.67. The summed E-state index contributed by atoms with van der Waals surface area (Å²) in [7, 11) is 0. The maximum absolute atomic E-state index is 13.0. The first kappa shape index (κ1) is 25.9. The van der Waals surface area contributed by atoms with E-state index in [-0.39, 0.29) is 23.8 Å². The van der Waals surface area contributed by atoms with Crippen LogP contribution in [0.1, 0.15) is 34.3 Å². The summed E-state index contributed by atoms with van der Waals surface area (Å²) in [6, 6.07) is 11.4. The lowest BCUT2D eigenvalue weighted by atomic mass is 10.0. The maximum Gasteiger partial charge on any atom is 0.490 e. The summed E-state index contributed by atoms with van der Waals surface area (Å²) < 4.78 is 44.7. The molecule has 188 valence electrons. The zero-order chi connectivity index (χ0) is 25.6. The van der Waals surface area contributed by atoms with E-state index in [2.05, 4.69) is 16.0 Å². The highest BCUT2D eigenvalue weighted by Gasteiger charge is 2.38. The van der Waals surface area contributed by atoms with Gasteiger partial charge < -0.3 is 26.0 Å². The van der Waals surface area contributed by atoms with Crippen LogP contribution in [0.15, 0.2) is 42.5 Å². The summed E-state index contributed by atoms with van der Waals surface area (Å²) in [4.78, 5) is 35.4. The topological polar surface area (TPSA) is 111 Å². The number of carboxylic acids is 1. The van der Waals surface area contributed by atoms with Crippen molar-refractivity contribution in [2.24, 2.45) is 0 Å². The molecular weight excluding hydrogens is 472 g/mol. The van der Waals surface area contributed by atoms with E-state index in [0.717, 1.165) is 18.8 Å². The van der Waals surface area contributed by atoms with Gasteiger partial charge in [-0.1, -0.05) is 6.07 Å². The first-order valence-electron chi connectivity index (χ1n) is 10.8. The van der Waals surface area contributed by atoms with Crippen LogP contribution in [0.5, 0.6) is 0 Å². The number of nitrogens with zero attached hydrogens (tertiary/aromatic N) is 1. The average Bonchev–Trinajstić information content (AvgIpc) is 3.27. The second-order valence-corrected chi connectivity index (χ2v) is 8.06. The molecule has 0 bridgehead atoms. The van der Waals surface area contributed by atoms with Crippen molar-refractivity contribution in [3.05, 3.63) is 65.0 Å². The molecule has 12 heteroatoms. The van der Waals surface area contributed by atoms with Crippen molar-refractivity contribution in [1.82, 2.24) is 15.5 Å². The van der Waals surface area contributed by atoms with Crippen LogP contribution >= 0.6 is 0 Å². The Morgan fingerprint density at radius 3 is 2.17 bits per heavy atom. The lowest BCUT2D eigenvalue weighted by Gasteiger charge is -2.32. The van der Waals surface area contributed by atoms with Crippen LogP contribution in [-0.4, -0.2) is 53.2 Å². The van der Waals surface area contributed by atoms with Gasteiger partial charge in [-0.15, -0.1) is 0 Å². The number of rotatable bonds is 3. The highest BCUT2D eigenvalue weighted by Crippen LogP contribution is 2.21. The van der Waals surface area contributed by atoms with Crippen LogP contribution < -0.4 is 16.0 Å². The Balaban J connectivity index is 0.000000429. The van der Waals surface area contributed by atoms with E-state index in [0.29, 0.717) is 31.5 Å². The number of aliphatic carboxylic acids is 1. The van der Waals surface area contributed by atoms with Gasteiger partial charge in [-0.05, 0) is 60.4 Å². The number of amides is 3. The number of hydrogen-bond acceptors (Lipinski definition) is 4. The van der Waals surface area contributed by atoms with E-state index < -0.39 is 12.1 Å². The monoisotopic (exact) mass is 496 g/mol. The second kappa shape index (κ2) is 11.2. The normalized spacial score (nSPS) is 15.5. The van der Waals surface area contributed by atoms with Crippen LogP contribution in [-0.2, 0) is 17.9 Å². The molecule has 0 aliphatic carbocycles. The lowest BCUT2D eigenvalue weighted by molar-refractivity contribution is -0.192. The molecule has 0 spiro atoms. The van der Waals surface area contributed by atoms with Crippen LogP contribution in [0.3, 0.4) is 0 Å². The van der Waals surface area contributed by atoms with Gasteiger partial charge in [0.25, 0.3) is 5.91 Å². The number of nitrogens with one attached hydrogen (secondary N) is 3. The third kappa shape index (κ3) is 7.41. The Morgan fingerprint density at radius 2 is 1.57 bits per heavy atom. The zero-order valence-electron chi connectivity index (χ0n) is 18.5. The van der Waals surface area contributed by atoms with Gasteiger partial charge in [-0.25, -0.2) is 14.0 Å². The molecule has 1 fully saturated rings. The smallest absolute Gasteiger partial charge is 0.475 e. The van der Waals surface area contributed by atoms with Gasteiger partial charge in [0.2, 0.25) is 0 Å². The molecule has 2 aliphatic heterocycles. The van der Waals surface area contributed by atoms with Gasteiger partial charge >= 0.3 is 18.2 Å². The van der Waals surface area contributed by atoms with E-state index in [1.807, 2.05) is 18.2 Å². The second-order valence-electron chi connectivity index (χ2n) is 8.06. The summed E-state index contributed by atoms with van der Waals surface area (Å²) in [5.74, 6) is -3.34. The molecule has 1 saturated heterocycles. The lowest BCUT2D eigenvalue weighted by Crippen LogP contribution is -2.47. The molecule has 0 saturated carbocycles. The summed E-state index contributed by atoms with van der Waals surface area (Å²) >= 11 is 0. The average molecular weight is 496 g/mol. The van der Waals surface area contributed by atoms with Gasteiger partial charge in [0, 0.05) is 43.5 Å². The van der Waals surface area contributed by atoms with Crippen molar-refractivity contribution >= 4 is 23.6 Å². The molecule has 8 nitrogen and oxygen atoms in total. The molecule has 2 aromatic carbocycles. The fourth-order valence-corrected chi connectivity index (χ4v) is 3.67. The number of piperidine rings is 1. The Labute approximate surface area is 198 Å². The zero-order valence-corrected chi connectivity index (χ0v) is 18.5. The number of fused-ring (bicyclic) bond motifs is 1. The molecule has 35 heavy (non-hydrogen) atoms. The molecule has 4 rings (SSSR count). The minimum absolute atomic E-state index is 0.00710. The minimum atomic E-state index is -5.08. The number of carbonyl (C=O) groups excluding carboxylic acids is 2. The third-order valence-corrected chi connectivity index (χ3v) is 5.55. The Morgan fingerprint density at radius 1 is 0.971 bits per heavy atom. The van der Waals surface area contributed by atoms with Gasteiger partial charge in [0.15, 0.2) is 0 Å². The summed E-state index contributed by atoms with van der Waals surface area (Å²) in [6.07, 6.45) is -3.71. The molecule has 2 aliphatic rings. The number of alkyl halides is 3.